The number of nitro groups is 1. The first kappa shape index (κ1) is 18.7. The maximum absolute atomic E-state index is 11.8. The van der Waals surface area contributed by atoms with Crippen LogP contribution in [0.15, 0.2) is 53.0 Å². The summed E-state index contributed by atoms with van der Waals surface area (Å²) in [6.45, 7) is 0. The molecule has 1 heterocycles. The second-order valence-corrected chi connectivity index (χ2v) is 6.55. The molecule has 1 aromatic heterocycles. The molecular formula is C16H10ClN5O4S-2. The van der Waals surface area contributed by atoms with Gasteiger partial charge in [0, 0.05) is 16.8 Å². The lowest BCUT2D eigenvalue weighted by atomic mass is 10.2. The minimum absolute atomic E-state index is 0.0861. The van der Waals surface area contributed by atoms with Gasteiger partial charge in [-0.25, -0.2) is 0 Å². The molecule has 2 aromatic carbocycles. The first-order chi connectivity index (χ1) is 13.0. The number of nitro benzene ring substituents is 1. The zero-order valence-corrected chi connectivity index (χ0v) is 15.1. The fraction of sp³-hybridized carbons (Fsp3) is 0.0625. The van der Waals surface area contributed by atoms with E-state index in [1.54, 1.807) is 6.07 Å². The molecule has 0 N–H and O–H groups in total. The van der Waals surface area contributed by atoms with E-state index in [0.29, 0.717) is 22.0 Å². The summed E-state index contributed by atoms with van der Waals surface area (Å²) >= 11 is 7.44. The average molecular weight is 404 g/mol. The van der Waals surface area contributed by atoms with Gasteiger partial charge in [0.15, 0.2) is 0 Å². The van der Waals surface area contributed by atoms with Crippen molar-refractivity contribution in [1.29, 1.82) is 0 Å². The third-order valence-corrected chi connectivity index (χ3v) is 4.78. The second kappa shape index (κ2) is 8.06. The standard InChI is InChI=1S/C16H12ClN5O4S/c17-12-4-2-1-3-10(12)8-27-16-20-18-9-21(16)19-7-11-5-13(22(25)26)15(24)6-14(11)23/h1-7,9,23-24H,8H2/p-2/b19-7-. The van der Waals surface area contributed by atoms with Crippen molar-refractivity contribution >= 4 is 35.3 Å². The molecule has 0 bridgehead atoms. The lowest BCUT2D eigenvalue weighted by Crippen LogP contribution is -2.04. The summed E-state index contributed by atoms with van der Waals surface area (Å²) < 4.78 is 1.32. The number of thioether (sulfide) groups is 1. The van der Waals surface area contributed by atoms with Crippen LogP contribution in [0.25, 0.3) is 0 Å². The van der Waals surface area contributed by atoms with Gasteiger partial charge in [0.1, 0.15) is 6.33 Å². The first-order valence-corrected chi connectivity index (χ1v) is 8.79. The van der Waals surface area contributed by atoms with Crippen LogP contribution in [0, 0.1) is 10.1 Å². The largest absolute Gasteiger partial charge is 0.872 e. The Bertz CT molecular complexity index is 1020. The van der Waals surface area contributed by atoms with E-state index in [1.807, 2.05) is 18.2 Å². The second-order valence-electron chi connectivity index (χ2n) is 5.20. The molecule has 11 heteroatoms. The van der Waals surface area contributed by atoms with Crippen LogP contribution in [0.5, 0.6) is 11.5 Å². The summed E-state index contributed by atoms with van der Waals surface area (Å²) in [5.41, 5.74) is 0.136. The van der Waals surface area contributed by atoms with Gasteiger partial charge in [-0.05, 0) is 22.9 Å². The van der Waals surface area contributed by atoms with Crippen molar-refractivity contribution in [2.45, 2.75) is 10.9 Å². The van der Waals surface area contributed by atoms with Crippen LogP contribution >= 0.6 is 23.4 Å². The predicted octanol–water partition coefficient (Wildman–Crippen LogP) is 2.16. The van der Waals surface area contributed by atoms with E-state index in [9.17, 15) is 20.3 Å². The Morgan fingerprint density at radius 3 is 2.78 bits per heavy atom. The summed E-state index contributed by atoms with van der Waals surface area (Å²) in [4.78, 5) is 9.99. The molecule has 9 nitrogen and oxygen atoms in total. The molecule has 3 aromatic rings. The molecule has 3 rings (SSSR count). The summed E-state index contributed by atoms with van der Waals surface area (Å²) in [5.74, 6) is -1.08. The Kier molecular flexibility index (Phi) is 5.57. The van der Waals surface area contributed by atoms with E-state index in [0.717, 1.165) is 17.8 Å². The van der Waals surface area contributed by atoms with E-state index in [-0.39, 0.29) is 5.56 Å². The van der Waals surface area contributed by atoms with Crippen molar-refractivity contribution < 1.29 is 15.1 Å². The zero-order chi connectivity index (χ0) is 19.4. The molecule has 0 aliphatic rings. The Labute approximate surface area is 162 Å². The molecular weight excluding hydrogens is 394 g/mol. The third kappa shape index (κ3) is 4.36. The maximum Gasteiger partial charge on any atom is 0.262 e. The molecule has 0 aliphatic carbocycles. The monoisotopic (exact) mass is 403 g/mol. The van der Waals surface area contributed by atoms with Gasteiger partial charge in [0.05, 0.1) is 11.1 Å². The van der Waals surface area contributed by atoms with Gasteiger partial charge >= 0.3 is 0 Å². The highest BCUT2D eigenvalue weighted by Gasteiger charge is 2.09. The van der Waals surface area contributed by atoms with Gasteiger partial charge in [-0.15, -0.1) is 15.9 Å². The van der Waals surface area contributed by atoms with Crippen molar-refractivity contribution in [3.05, 3.63) is 69.0 Å². The van der Waals surface area contributed by atoms with Crippen molar-refractivity contribution in [3.8, 4) is 11.5 Å². The van der Waals surface area contributed by atoms with Crippen LogP contribution in [0.4, 0.5) is 5.69 Å². The SMILES string of the molecule is O=[N+]([O-])c1cc(/C=N\n2cnnc2SCc2ccccc2Cl)c([O-])cc1[O-]. The molecule has 138 valence electrons. The summed E-state index contributed by atoms with van der Waals surface area (Å²) in [7, 11) is 0. The Balaban J connectivity index is 1.79. The average Bonchev–Trinajstić information content (AvgIpc) is 3.07. The van der Waals surface area contributed by atoms with Gasteiger partial charge in [-0.2, -0.15) is 9.78 Å². The van der Waals surface area contributed by atoms with Crippen LogP contribution in [0.1, 0.15) is 11.1 Å². The minimum atomic E-state index is -0.942. The zero-order valence-electron chi connectivity index (χ0n) is 13.5. The number of benzene rings is 2. The first-order valence-electron chi connectivity index (χ1n) is 7.42. The van der Waals surface area contributed by atoms with Gasteiger partial charge in [-0.1, -0.05) is 47.6 Å². The minimum Gasteiger partial charge on any atom is -0.872 e. The Morgan fingerprint density at radius 1 is 1.26 bits per heavy atom. The molecule has 0 unspecified atom stereocenters. The van der Waals surface area contributed by atoms with Crippen molar-refractivity contribution in [3.63, 3.8) is 0 Å². The van der Waals surface area contributed by atoms with Crippen LogP contribution in [-0.4, -0.2) is 26.0 Å². The van der Waals surface area contributed by atoms with Crippen molar-refractivity contribution in [2.75, 3.05) is 0 Å². The van der Waals surface area contributed by atoms with Gasteiger partial charge in [0.25, 0.3) is 5.69 Å². The van der Waals surface area contributed by atoms with E-state index >= 15 is 0 Å². The number of rotatable bonds is 6. The molecule has 0 radical (unpaired) electrons. The predicted molar refractivity (Wildman–Crippen MR) is 96.0 cm³/mol. The summed E-state index contributed by atoms with van der Waals surface area (Å²) in [6.07, 6.45) is 2.45. The smallest absolute Gasteiger partial charge is 0.262 e. The fourth-order valence-corrected chi connectivity index (χ4v) is 3.23. The molecule has 0 aliphatic heterocycles. The fourth-order valence-electron chi connectivity index (χ4n) is 2.09. The van der Waals surface area contributed by atoms with Gasteiger partial charge < -0.3 is 10.2 Å². The van der Waals surface area contributed by atoms with Crippen LogP contribution < -0.4 is 10.2 Å². The van der Waals surface area contributed by atoms with Crippen LogP contribution in [0.2, 0.25) is 5.02 Å². The molecule has 0 saturated carbocycles. The number of nitrogens with zero attached hydrogens (tertiary/aromatic N) is 5. The van der Waals surface area contributed by atoms with E-state index in [1.165, 1.54) is 22.8 Å². The molecule has 0 spiro atoms. The number of hydrogen-bond acceptors (Lipinski definition) is 8. The van der Waals surface area contributed by atoms with Crippen molar-refractivity contribution in [1.82, 2.24) is 14.9 Å². The molecule has 0 amide bonds. The highest BCUT2D eigenvalue weighted by molar-refractivity contribution is 7.98. The number of halogens is 1. The van der Waals surface area contributed by atoms with E-state index < -0.39 is 22.1 Å². The number of aromatic nitrogens is 3. The summed E-state index contributed by atoms with van der Waals surface area (Å²) in [6, 6.07) is 8.92. The molecule has 0 saturated heterocycles. The van der Waals surface area contributed by atoms with E-state index in [4.69, 9.17) is 11.6 Å². The highest BCUT2D eigenvalue weighted by Crippen LogP contribution is 2.29. The lowest BCUT2D eigenvalue weighted by Gasteiger charge is -2.15. The van der Waals surface area contributed by atoms with Gasteiger partial charge in [0.2, 0.25) is 5.16 Å². The van der Waals surface area contributed by atoms with Crippen LogP contribution in [-0.2, 0) is 5.75 Å². The lowest BCUT2D eigenvalue weighted by molar-refractivity contribution is -0.398. The molecule has 0 atom stereocenters. The Morgan fingerprint density at radius 2 is 2.04 bits per heavy atom. The quantitative estimate of drug-likeness (QED) is 0.266. The topological polar surface area (TPSA) is 132 Å². The normalized spacial score (nSPS) is 11.1. The van der Waals surface area contributed by atoms with Crippen molar-refractivity contribution in [2.24, 2.45) is 5.10 Å². The van der Waals surface area contributed by atoms with Gasteiger partial charge in [-0.3, -0.25) is 10.1 Å². The van der Waals surface area contributed by atoms with E-state index in [2.05, 4.69) is 15.3 Å². The molecule has 27 heavy (non-hydrogen) atoms. The Hall–Kier alpha value is -3.11. The highest BCUT2D eigenvalue weighted by atomic mass is 35.5. The third-order valence-electron chi connectivity index (χ3n) is 3.42. The number of hydrogen-bond donors (Lipinski definition) is 0. The molecule has 0 fully saturated rings. The maximum atomic E-state index is 11.8. The summed E-state index contributed by atoms with van der Waals surface area (Å²) in [5, 5.41) is 46.9. The van der Waals surface area contributed by atoms with Crippen LogP contribution in [0.3, 0.4) is 0 Å².